The maximum absolute atomic E-state index is 13.2. The SMILES string of the molecule is O=C(O)c1cc(N2CCCCC2=O)ccc1F. The average molecular weight is 237 g/mol. The van der Waals surface area contributed by atoms with Crippen molar-refractivity contribution in [1.82, 2.24) is 0 Å². The summed E-state index contributed by atoms with van der Waals surface area (Å²) in [6, 6.07) is 3.73. The summed E-state index contributed by atoms with van der Waals surface area (Å²) in [6.07, 6.45) is 2.19. The average Bonchev–Trinajstić information content (AvgIpc) is 2.30. The molecule has 1 aliphatic rings. The van der Waals surface area contributed by atoms with Crippen molar-refractivity contribution in [3.05, 3.63) is 29.6 Å². The van der Waals surface area contributed by atoms with Crippen molar-refractivity contribution in [2.75, 3.05) is 11.4 Å². The minimum Gasteiger partial charge on any atom is -0.478 e. The Hall–Kier alpha value is -1.91. The fourth-order valence-corrected chi connectivity index (χ4v) is 1.92. The molecule has 4 nitrogen and oxygen atoms in total. The van der Waals surface area contributed by atoms with Crippen LogP contribution in [0.1, 0.15) is 29.6 Å². The Balaban J connectivity index is 2.35. The first kappa shape index (κ1) is 11.6. The van der Waals surface area contributed by atoms with E-state index < -0.39 is 17.3 Å². The molecule has 1 heterocycles. The Morgan fingerprint density at radius 1 is 1.35 bits per heavy atom. The number of carboxylic acid groups (broad SMARTS) is 1. The maximum atomic E-state index is 13.2. The fraction of sp³-hybridized carbons (Fsp3) is 0.333. The van der Waals surface area contributed by atoms with E-state index in [0.717, 1.165) is 18.9 Å². The summed E-state index contributed by atoms with van der Waals surface area (Å²) >= 11 is 0. The Kier molecular flexibility index (Phi) is 3.08. The number of carbonyl (C=O) groups is 2. The molecular weight excluding hydrogens is 225 g/mol. The highest BCUT2D eigenvalue weighted by atomic mass is 19.1. The van der Waals surface area contributed by atoms with Gasteiger partial charge >= 0.3 is 5.97 Å². The first-order valence-corrected chi connectivity index (χ1v) is 5.43. The van der Waals surface area contributed by atoms with Crippen LogP contribution in [0, 0.1) is 5.82 Å². The number of carbonyl (C=O) groups excluding carboxylic acids is 1. The molecule has 0 radical (unpaired) electrons. The van der Waals surface area contributed by atoms with Gasteiger partial charge in [0.05, 0.1) is 5.56 Å². The third-order valence-electron chi connectivity index (χ3n) is 2.82. The van der Waals surface area contributed by atoms with Crippen molar-refractivity contribution in [2.45, 2.75) is 19.3 Å². The molecule has 0 unspecified atom stereocenters. The molecule has 17 heavy (non-hydrogen) atoms. The second kappa shape index (κ2) is 4.53. The lowest BCUT2D eigenvalue weighted by Crippen LogP contribution is -2.35. The fourth-order valence-electron chi connectivity index (χ4n) is 1.92. The summed E-state index contributed by atoms with van der Waals surface area (Å²) in [5.41, 5.74) is 0.0503. The molecule has 5 heteroatoms. The first-order valence-electron chi connectivity index (χ1n) is 5.43. The molecule has 1 N–H and O–H groups in total. The van der Waals surface area contributed by atoms with Gasteiger partial charge in [0, 0.05) is 18.7 Å². The second-order valence-electron chi connectivity index (χ2n) is 3.97. The Morgan fingerprint density at radius 3 is 2.76 bits per heavy atom. The first-order chi connectivity index (χ1) is 8.09. The van der Waals surface area contributed by atoms with E-state index in [1.807, 2.05) is 0 Å². The van der Waals surface area contributed by atoms with Crippen LogP contribution in [0.4, 0.5) is 10.1 Å². The Bertz CT molecular complexity index is 473. The van der Waals surface area contributed by atoms with Gasteiger partial charge < -0.3 is 10.0 Å². The van der Waals surface area contributed by atoms with Crippen LogP contribution in [0.15, 0.2) is 18.2 Å². The topological polar surface area (TPSA) is 57.6 Å². The van der Waals surface area contributed by atoms with Crippen LogP contribution in [0.2, 0.25) is 0 Å². The van der Waals surface area contributed by atoms with E-state index in [4.69, 9.17) is 5.11 Å². The molecule has 0 aliphatic carbocycles. The van der Waals surface area contributed by atoms with Gasteiger partial charge in [0.15, 0.2) is 0 Å². The van der Waals surface area contributed by atoms with Gasteiger partial charge in [-0.15, -0.1) is 0 Å². The van der Waals surface area contributed by atoms with Crippen LogP contribution in [0.25, 0.3) is 0 Å². The minimum atomic E-state index is -1.33. The van der Waals surface area contributed by atoms with E-state index in [-0.39, 0.29) is 5.91 Å². The van der Waals surface area contributed by atoms with Crippen molar-refractivity contribution in [2.24, 2.45) is 0 Å². The number of aromatic carboxylic acids is 1. The van der Waals surface area contributed by atoms with Crippen molar-refractivity contribution in [3.8, 4) is 0 Å². The number of hydrogen-bond acceptors (Lipinski definition) is 2. The van der Waals surface area contributed by atoms with E-state index in [1.54, 1.807) is 0 Å². The lowest BCUT2D eigenvalue weighted by Gasteiger charge is -2.27. The highest BCUT2D eigenvalue weighted by Crippen LogP contribution is 2.23. The molecule has 2 rings (SSSR count). The summed E-state index contributed by atoms with van der Waals surface area (Å²) in [7, 11) is 0. The summed E-state index contributed by atoms with van der Waals surface area (Å²) in [5.74, 6) is -2.15. The molecule has 0 bridgehead atoms. The summed E-state index contributed by atoms with van der Waals surface area (Å²) in [6.45, 7) is 0.559. The van der Waals surface area contributed by atoms with Gasteiger partial charge in [-0.1, -0.05) is 0 Å². The van der Waals surface area contributed by atoms with Crippen LogP contribution in [0.3, 0.4) is 0 Å². The van der Waals surface area contributed by atoms with E-state index >= 15 is 0 Å². The molecule has 1 amide bonds. The van der Waals surface area contributed by atoms with Crippen LogP contribution in [0.5, 0.6) is 0 Å². The molecule has 0 aromatic heterocycles. The van der Waals surface area contributed by atoms with Crippen LogP contribution in [-0.2, 0) is 4.79 Å². The molecule has 0 spiro atoms. The molecule has 1 aliphatic heterocycles. The number of carboxylic acids is 1. The predicted molar refractivity (Wildman–Crippen MR) is 59.6 cm³/mol. The molecular formula is C12H12FNO3. The van der Waals surface area contributed by atoms with Crippen molar-refractivity contribution in [3.63, 3.8) is 0 Å². The number of benzene rings is 1. The van der Waals surface area contributed by atoms with Gasteiger partial charge in [0.1, 0.15) is 5.82 Å². The van der Waals surface area contributed by atoms with Crippen molar-refractivity contribution < 1.29 is 19.1 Å². The van der Waals surface area contributed by atoms with Crippen LogP contribution >= 0.6 is 0 Å². The number of rotatable bonds is 2. The third-order valence-corrected chi connectivity index (χ3v) is 2.82. The van der Waals surface area contributed by atoms with Gasteiger partial charge in [-0.25, -0.2) is 9.18 Å². The minimum absolute atomic E-state index is 0.0424. The second-order valence-corrected chi connectivity index (χ2v) is 3.97. The predicted octanol–water partition coefficient (Wildman–Crippen LogP) is 2.04. The smallest absolute Gasteiger partial charge is 0.338 e. The number of halogens is 1. The molecule has 1 saturated heterocycles. The van der Waals surface area contributed by atoms with Gasteiger partial charge in [-0.2, -0.15) is 0 Å². The maximum Gasteiger partial charge on any atom is 0.338 e. The Morgan fingerprint density at radius 2 is 2.12 bits per heavy atom. The molecule has 0 saturated carbocycles. The number of hydrogen-bond donors (Lipinski definition) is 1. The largest absolute Gasteiger partial charge is 0.478 e. The third kappa shape index (κ3) is 2.27. The zero-order valence-corrected chi connectivity index (χ0v) is 9.15. The Labute approximate surface area is 97.7 Å². The highest BCUT2D eigenvalue weighted by Gasteiger charge is 2.21. The molecule has 1 aromatic carbocycles. The monoisotopic (exact) mass is 237 g/mol. The van der Waals surface area contributed by atoms with Crippen LogP contribution in [-0.4, -0.2) is 23.5 Å². The number of piperidine rings is 1. The van der Waals surface area contributed by atoms with Gasteiger partial charge in [0.25, 0.3) is 0 Å². The highest BCUT2D eigenvalue weighted by molar-refractivity contribution is 5.96. The molecule has 1 aromatic rings. The summed E-state index contributed by atoms with van der Waals surface area (Å²) < 4.78 is 13.2. The van der Waals surface area contributed by atoms with E-state index in [1.165, 1.54) is 17.0 Å². The molecule has 90 valence electrons. The lowest BCUT2D eigenvalue weighted by atomic mass is 10.1. The van der Waals surface area contributed by atoms with Crippen molar-refractivity contribution >= 4 is 17.6 Å². The summed E-state index contributed by atoms with van der Waals surface area (Å²) in [4.78, 5) is 23.9. The van der Waals surface area contributed by atoms with Gasteiger partial charge in [-0.05, 0) is 31.0 Å². The van der Waals surface area contributed by atoms with E-state index in [9.17, 15) is 14.0 Å². The van der Waals surface area contributed by atoms with E-state index in [0.29, 0.717) is 18.7 Å². The number of nitrogens with zero attached hydrogens (tertiary/aromatic N) is 1. The zero-order chi connectivity index (χ0) is 12.4. The normalized spacial score (nSPS) is 16.1. The van der Waals surface area contributed by atoms with E-state index in [2.05, 4.69) is 0 Å². The molecule has 0 atom stereocenters. The zero-order valence-electron chi connectivity index (χ0n) is 9.15. The van der Waals surface area contributed by atoms with Crippen LogP contribution < -0.4 is 4.90 Å². The lowest BCUT2D eigenvalue weighted by molar-refractivity contribution is -0.119. The number of amides is 1. The summed E-state index contributed by atoms with van der Waals surface area (Å²) in [5, 5.41) is 8.81. The number of anilines is 1. The van der Waals surface area contributed by atoms with Crippen molar-refractivity contribution in [1.29, 1.82) is 0 Å². The molecule has 1 fully saturated rings. The van der Waals surface area contributed by atoms with Gasteiger partial charge in [0.2, 0.25) is 5.91 Å². The quantitative estimate of drug-likeness (QED) is 0.856. The standard InChI is InChI=1S/C12H12FNO3/c13-10-5-4-8(7-9(10)12(16)17)14-6-2-1-3-11(14)15/h4-5,7H,1-3,6H2,(H,16,17). The van der Waals surface area contributed by atoms with Gasteiger partial charge in [-0.3, -0.25) is 4.79 Å².